The molecular formula is C16H22F3N3O2. The van der Waals surface area contributed by atoms with Crippen molar-refractivity contribution in [1.82, 2.24) is 4.90 Å². The summed E-state index contributed by atoms with van der Waals surface area (Å²) in [5.41, 5.74) is -1.19. The average Bonchev–Trinajstić information content (AvgIpc) is 2.54. The maximum Gasteiger partial charge on any atom is 0.417 e. The molecule has 2 amide bonds. The number of hydrogen-bond acceptors (Lipinski definition) is 3. The van der Waals surface area contributed by atoms with E-state index < -0.39 is 30.7 Å². The second-order valence-electron chi connectivity index (χ2n) is 6.01. The molecule has 0 radical (unpaired) electrons. The molecule has 0 aromatic heterocycles. The molecule has 0 atom stereocenters. The number of benzene rings is 1. The molecule has 1 saturated heterocycles. The molecule has 1 heterocycles. The molecule has 1 fully saturated rings. The van der Waals surface area contributed by atoms with Gasteiger partial charge in [0.15, 0.2) is 5.60 Å². The third-order valence-corrected chi connectivity index (χ3v) is 4.42. The number of anilines is 2. The van der Waals surface area contributed by atoms with Gasteiger partial charge in [0, 0.05) is 50.9 Å². The molecule has 0 bridgehead atoms. The topological polar surface area (TPSA) is 55.8 Å². The lowest BCUT2D eigenvalue weighted by Gasteiger charge is -2.39. The van der Waals surface area contributed by atoms with Crippen molar-refractivity contribution in [2.45, 2.75) is 31.5 Å². The number of alkyl halides is 3. The molecule has 2 rings (SSSR count). The average molecular weight is 345 g/mol. The molecule has 1 aliphatic rings. The molecule has 24 heavy (non-hydrogen) atoms. The number of aliphatic hydroxyl groups is 1. The Labute approximate surface area is 139 Å². The molecule has 1 aromatic rings. The third kappa shape index (κ3) is 3.92. The minimum Gasteiger partial charge on any atom is -0.380 e. The Morgan fingerprint density at radius 1 is 1.38 bits per heavy atom. The standard InChI is InChI=1S/C16H22F3N3O2/c1-3-21(2)13-6-4-5-12(11-13)20-14(23)22-9-7-15(24,8-10-22)16(17,18)19/h4-6,11,24H,3,7-10H2,1-2H3,(H,20,23). The van der Waals surface area contributed by atoms with Gasteiger partial charge in [-0.3, -0.25) is 0 Å². The number of carbonyl (C=O) groups excluding carboxylic acids is 1. The molecule has 1 aromatic carbocycles. The number of halogens is 3. The summed E-state index contributed by atoms with van der Waals surface area (Å²) in [5, 5.41) is 12.3. The summed E-state index contributed by atoms with van der Waals surface area (Å²) >= 11 is 0. The van der Waals surface area contributed by atoms with Crippen molar-refractivity contribution in [1.29, 1.82) is 0 Å². The molecule has 0 spiro atoms. The smallest absolute Gasteiger partial charge is 0.380 e. The highest BCUT2D eigenvalue weighted by Gasteiger charge is 2.54. The van der Waals surface area contributed by atoms with Gasteiger partial charge < -0.3 is 20.2 Å². The lowest BCUT2D eigenvalue weighted by Crippen LogP contribution is -2.55. The van der Waals surface area contributed by atoms with Crippen molar-refractivity contribution in [3.63, 3.8) is 0 Å². The fourth-order valence-electron chi connectivity index (χ4n) is 2.57. The van der Waals surface area contributed by atoms with Crippen LogP contribution in [0.25, 0.3) is 0 Å². The summed E-state index contributed by atoms with van der Waals surface area (Å²) in [5.74, 6) is 0. The Bertz CT molecular complexity index is 584. The van der Waals surface area contributed by atoms with Gasteiger partial charge in [-0.2, -0.15) is 13.2 Å². The Morgan fingerprint density at radius 3 is 2.54 bits per heavy atom. The lowest BCUT2D eigenvalue weighted by molar-refractivity contribution is -0.271. The fraction of sp³-hybridized carbons (Fsp3) is 0.562. The molecular weight excluding hydrogens is 323 g/mol. The number of likely N-dealkylation sites (tertiary alicyclic amines) is 1. The van der Waals surface area contributed by atoms with E-state index in [0.29, 0.717) is 5.69 Å². The van der Waals surface area contributed by atoms with Gasteiger partial charge in [0.25, 0.3) is 0 Å². The van der Waals surface area contributed by atoms with E-state index in [-0.39, 0.29) is 13.1 Å². The SMILES string of the molecule is CCN(C)c1cccc(NC(=O)N2CCC(O)(C(F)(F)F)CC2)c1. The first-order valence-corrected chi connectivity index (χ1v) is 7.82. The first-order chi connectivity index (χ1) is 11.2. The van der Waals surface area contributed by atoms with E-state index in [9.17, 15) is 23.1 Å². The van der Waals surface area contributed by atoms with Crippen LogP contribution in [0.1, 0.15) is 19.8 Å². The van der Waals surface area contributed by atoms with Gasteiger partial charge in [-0.15, -0.1) is 0 Å². The summed E-state index contributed by atoms with van der Waals surface area (Å²) < 4.78 is 38.3. The number of hydrogen-bond donors (Lipinski definition) is 2. The summed E-state index contributed by atoms with van der Waals surface area (Å²) in [6.07, 6.45) is -5.69. The number of nitrogens with zero attached hydrogens (tertiary/aromatic N) is 2. The van der Waals surface area contributed by atoms with E-state index in [1.165, 1.54) is 4.90 Å². The normalized spacial score (nSPS) is 17.5. The van der Waals surface area contributed by atoms with E-state index in [0.717, 1.165) is 12.2 Å². The highest BCUT2D eigenvalue weighted by atomic mass is 19.4. The van der Waals surface area contributed by atoms with Gasteiger partial charge in [-0.1, -0.05) is 6.07 Å². The Morgan fingerprint density at radius 2 is 2.00 bits per heavy atom. The van der Waals surface area contributed by atoms with E-state index in [4.69, 9.17) is 0 Å². The van der Waals surface area contributed by atoms with E-state index in [1.807, 2.05) is 24.9 Å². The molecule has 0 aliphatic carbocycles. The number of piperidine rings is 1. The summed E-state index contributed by atoms with van der Waals surface area (Å²) in [6.45, 7) is 2.52. The van der Waals surface area contributed by atoms with Crippen molar-refractivity contribution >= 4 is 17.4 Å². The largest absolute Gasteiger partial charge is 0.417 e. The third-order valence-electron chi connectivity index (χ3n) is 4.42. The van der Waals surface area contributed by atoms with Crippen LogP contribution in [0, 0.1) is 0 Å². The first kappa shape index (κ1) is 18.4. The van der Waals surface area contributed by atoms with Crippen LogP contribution in [0.15, 0.2) is 24.3 Å². The van der Waals surface area contributed by atoms with Crippen LogP contribution in [0.5, 0.6) is 0 Å². The van der Waals surface area contributed by atoms with Crippen LogP contribution in [0.3, 0.4) is 0 Å². The Kier molecular flexibility index (Phi) is 5.27. The van der Waals surface area contributed by atoms with Crippen LogP contribution in [0.2, 0.25) is 0 Å². The minimum atomic E-state index is -4.67. The molecule has 0 unspecified atom stereocenters. The van der Waals surface area contributed by atoms with Crippen LogP contribution < -0.4 is 10.2 Å². The monoisotopic (exact) mass is 345 g/mol. The highest BCUT2D eigenvalue weighted by molar-refractivity contribution is 5.90. The maximum absolute atomic E-state index is 12.8. The van der Waals surface area contributed by atoms with Gasteiger partial charge in [0.2, 0.25) is 0 Å². The van der Waals surface area contributed by atoms with Crippen LogP contribution in [0.4, 0.5) is 29.3 Å². The quantitative estimate of drug-likeness (QED) is 0.885. The van der Waals surface area contributed by atoms with E-state index >= 15 is 0 Å². The number of rotatable bonds is 3. The number of amides is 2. The number of carbonyl (C=O) groups is 1. The Balaban J connectivity index is 1.97. The highest BCUT2D eigenvalue weighted by Crippen LogP contribution is 2.38. The molecule has 5 nitrogen and oxygen atoms in total. The fourth-order valence-corrected chi connectivity index (χ4v) is 2.57. The zero-order valence-electron chi connectivity index (χ0n) is 13.7. The molecule has 134 valence electrons. The van der Waals surface area contributed by atoms with Crippen molar-refractivity contribution in [3.8, 4) is 0 Å². The first-order valence-electron chi connectivity index (χ1n) is 7.82. The zero-order valence-corrected chi connectivity index (χ0v) is 13.7. The van der Waals surface area contributed by atoms with Gasteiger partial charge >= 0.3 is 12.2 Å². The predicted molar refractivity (Wildman–Crippen MR) is 86.2 cm³/mol. The van der Waals surface area contributed by atoms with Crippen LogP contribution in [-0.4, -0.2) is 54.5 Å². The second-order valence-corrected chi connectivity index (χ2v) is 6.01. The van der Waals surface area contributed by atoms with Gasteiger partial charge in [0.05, 0.1) is 0 Å². The molecule has 8 heteroatoms. The lowest BCUT2D eigenvalue weighted by atomic mass is 9.91. The van der Waals surface area contributed by atoms with E-state index in [1.54, 1.807) is 18.2 Å². The summed E-state index contributed by atoms with van der Waals surface area (Å²) in [6, 6.07) is 6.77. The number of urea groups is 1. The van der Waals surface area contributed by atoms with Crippen molar-refractivity contribution in [3.05, 3.63) is 24.3 Å². The van der Waals surface area contributed by atoms with Crippen LogP contribution in [-0.2, 0) is 0 Å². The molecule has 2 N–H and O–H groups in total. The second kappa shape index (κ2) is 6.88. The minimum absolute atomic E-state index is 0.142. The predicted octanol–water partition coefficient (Wildman–Crippen LogP) is 3.06. The maximum atomic E-state index is 12.8. The van der Waals surface area contributed by atoms with Gasteiger partial charge in [-0.05, 0) is 25.1 Å². The van der Waals surface area contributed by atoms with Crippen molar-refractivity contribution in [2.75, 3.05) is 36.9 Å². The zero-order chi connectivity index (χ0) is 18.0. The molecule has 1 aliphatic heterocycles. The van der Waals surface area contributed by atoms with E-state index in [2.05, 4.69) is 5.32 Å². The van der Waals surface area contributed by atoms with Crippen LogP contribution >= 0.6 is 0 Å². The van der Waals surface area contributed by atoms with Gasteiger partial charge in [0.1, 0.15) is 0 Å². The summed E-state index contributed by atoms with van der Waals surface area (Å²) in [7, 11) is 1.92. The Hall–Kier alpha value is -1.96. The van der Waals surface area contributed by atoms with Gasteiger partial charge in [-0.25, -0.2) is 4.79 Å². The van der Waals surface area contributed by atoms with Crippen molar-refractivity contribution < 1.29 is 23.1 Å². The summed E-state index contributed by atoms with van der Waals surface area (Å²) in [4.78, 5) is 15.5. The van der Waals surface area contributed by atoms with Crippen molar-refractivity contribution in [2.24, 2.45) is 0 Å². The molecule has 0 saturated carbocycles. The number of nitrogens with one attached hydrogen (secondary N) is 1.